The van der Waals surface area contributed by atoms with Crippen LogP contribution in [0.3, 0.4) is 0 Å². The molecule has 0 bridgehead atoms. The minimum absolute atomic E-state index is 0. The molecule has 1 aliphatic rings. The molecule has 8 heteroatoms. The molecule has 0 radical (unpaired) electrons. The number of rotatable bonds is 5. The van der Waals surface area contributed by atoms with E-state index < -0.39 is 9.84 Å². The highest BCUT2D eigenvalue weighted by Crippen LogP contribution is 2.10. The van der Waals surface area contributed by atoms with E-state index in [0.717, 1.165) is 12.1 Å². The molecule has 0 saturated carbocycles. The van der Waals surface area contributed by atoms with Gasteiger partial charge in [0.15, 0.2) is 9.84 Å². The Kier molecular flexibility index (Phi) is 7.28. The van der Waals surface area contributed by atoms with Crippen LogP contribution in [0.15, 0.2) is 29.2 Å². The summed E-state index contributed by atoms with van der Waals surface area (Å²) in [6, 6.07) is 6.57. The summed E-state index contributed by atoms with van der Waals surface area (Å²) < 4.78 is 28.0. The van der Waals surface area contributed by atoms with E-state index >= 15 is 0 Å². The van der Waals surface area contributed by atoms with E-state index in [2.05, 4.69) is 10.6 Å². The lowest BCUT2D eigenvalue weighted by Crippen LogP contribution is -2.44. The fourth-order valence-corrected chi connectivity index (χ4v) is 2.73. The Morgan fingerprint density at radius 2 is 2.05 bits per heavy atom. The van der Waals surface area contributed by atoms with E-state index in [1.54, 1.807) is 24.3 Å². The molecule has 1 unspecified atom stereocenters. The van der Waals surface area contributed by atoms with Gasteiger partial charge in [-0.25, -0.2) is 8.42 Å². The summed E-state index contributed by atoms with van der Waals surface area (Å²) in [5.74, 6) is -0.0508. The van der Waals surface area contributed by atoms with E-state index in [-0.39, 0.29) is 29.3 Å². The Bertz CT molecular complexity index is 583. The molecule has 0 aromatic heterocycles. The Balaban J connectivity index is 0.00000242. The molecule has 1 saturated heterocycles. The van der Waals surface area contributed by atoms with Crippen LogP contribution in [-0.2, 0) is 25.9 Å². The fourth-order valence-electron chi connectivity index (χ4n) is 2.10. The van der Waals surface area contributed by atoms with Crippen LogP contribution >= 0.6 is 12.4 Å². The van der Waals surface area contributed by atoms with Crippen molar-refractivity contribution in [1.29, 1.82) is 0 Å². The third-order valence-electron chi connectivity index (χ3n) is 3.27. The molecular formula is C14H21ClN2O4S. The number of carbonyl (C=O) groups is 1. The predicted octanol–water partition coefficient (Wildman–Crippen LogP) is 0.507. The quantitative estimate of drug-likeness (QED) is 0.809. The topological polar surface area (TPSA) is 84.5 Å². The molecule has 0 aliphatic carbocycles. The predicted molar refractivity (Wildman–Crippen MR) is 85.9 cm³/mol. The second kappa shape index (κ2) is 8.47. The number of ether oxygens (including phenoxy) is 1. The summed E-state index contributed by atoms with van der Waals surface area (Å²) in [6.07, 6.45) is 1.55. The molecule has 6 nitrogen and oxygen atoms in total. The van der Waals surface area contributed by atoms with Crippen molar-refractivity contribution in [3.63, 3.8) is 0 Å². The van der Waals surface area contributed by atoms with E-state index in [9.17, 15) is 13.2 Å². The Hall–Kier alpha value is -1.15. The van der Waals surface area contributed by atoms with Gasteiger partial charge in [-0.2, -0.15) is 0 Å². The van der Waals surface area contributed by atoms with Gasteiger partial charge < -0.3 is 15.4 Å². The average molecular weight is 349 g/mol. The van der Waals surface area contributed by atoms with Crippen molar-refractivity contribution in [1.82, 2.24) is 10.6 Å². The van der Waals surface area contributed by atoms with Crippen molar-refractivity contribution in [2.75, 3.05) is 26.0 Å². The van der Waals surface area contributed by atoms with Gasteiger partial charge in [-0.15, -0.1) is 12.4 Å². The summed E-state index contributed by atoms with van der Waals surface area (Å²) >= 11 is 0. The number of morpholine rings is 1. The van der Waals surface area contributed by atoms with E-state index in [1.165, 1.54) is 6.26 Å². The summed E-state index contributed by atoms with van der Waals surface area (Å²) in [5.41, 5.74) is 0.864. The minimum Gasteiger partial charge on any atom is -0.378 e. The molecule has 0 spiro atoms. The second-order valence-electron chi connectivity index (χ2n) is 5.12. The summed E-state index contributed by atoms with van der Waals surface area (Å²) in [4.78, 5) is 12.1. The molecule has 1 amide bonds. The van der Waals surface area contributed by atoms with E-state index in [4.69, 9.17) is 4.74 Å². The number of hydrogen-bond acceptors (Lipinski definition) is 5. The third-order valence-corrected chi connectivity index (χ3v) is 4.40. The van der Waals surface area contributed by atoms with Crippen LogP contribution in [0, 0.1) is 0 Å². The van der Waals surface area contributed by atoms with Crippen molar-refractivity contribution in [3.05, 3.63) is 29.8 Å². The van der Waals surface area contributed by atoms with Gasteiger partial charge in [0.1, 0.15) is 0 Å². The number of hydrogen-bond donors (Lipinski definition) is 2. The average Bonchev–Trinajstić information content (AvgIpc) is 2.46. The monoisotopic (exact) mass is 348 g/mol. The Morgan fingerprint density at radius 1 is 1.36 bits per heavy atom. The molecule has 1 aliphatic heterocycles. The number of nitrogens with one attached hydrogen (secondary N) is 2. The summed E-state index contributed by atoms with van der Waals surface area (Å²) in [6.45, 7) is 2.39. The molecule has 1 fully saturated rings. The van der Waals surface area contributed by atoms with Crippen LogP contribution in [0.5, 0.6) is 0 Å². The molecule has 1 atom stereocenters. The smallest absolute Gasteiger partial charge is 0.221 e. The summed E-state index contributed by atoms with van der Waals surface area (Å²) in [7, 11) is -3.18. The third kappa shape index (κ3) is 5.92. The maximum atomic E-state index is 11.8. The van der Waals surface area contributed by atoms with Crippen LogP contribution in [0.1, 0.15) is 12.0 Å². The maximum Gasteiger partial charge on any atom is 0.221 e. The van der Waals surface area contributed by atoms with Gasteiger partial charge in [0, 0.05) is 31.8 Å². The van der Waals surface area contributed by atoms with Gasteiger partial charge in [0.25, 0.3) is 0 Å². The highest BCUT2D eigenvalue weighted by molar-refractivity contribution is 7.90. The Labute approximate surface area is 136 Å². The molecule has 1 heterocycles. The zero-order valence-corrected chi connectivity index (χ0v) is 14.0. The van der Waals surface area contributed by atoms with Crippen LogP contribution in [0.4, 0.5) is 0 Å². The molecule has 2 rings (SSSR count). The first-order valence-corrected chi connectivity index (χ1v) is 8.71. The highest BCUT2D eigenvalue weighted by atomic mass is 35.5. The van der Waals surface area contributed by atoms with Crippen LogP contribution in [0.25, 0.3) is 0 Å². The number of halogens is 1. The van der Waals surface area contributed by atoms with Crippen molar-refractivity contribution < 1.29 is 17.9 Å². The Morgan fingerprint density at radius 3 is 2.59 bits per heavy atom. The van der Waals surface area contributed by atoms with Gasteiger partial charge in [-0.1, -0.05) is 12.1 Å². The van der Waals surface area contributed by atoms with Crippen molar-refractivity contribution >= 4 is 28.2 Å². The number of benzene rings is 1. The van der Waals surface area contributed by atoms with Gasteiger partial charge in [0.05, 0.1) is 18.1 Å². The SMILES string of the molecule is CS(=O)(=O)c1ccc(CNC(=O)CC2COCCN2)cc1.Cl. The van der Waals surface area contributed by atoms with Gasteiger partial charge >= 0.3 is 0 Å². The molecule has 1 aromatic carbocycles. The van der Waals surface area contributed by atoms with E-state index in [0.29, 0.717) is 26.2 Å². The lowest BCUT2D eigenvalue weighted by molar-refractivity contribution is -0.122. The molecule has 22 heavy (non-hydrogen) atoms. The molecule has 2 N–H and O–H groups in total. The van der Waals surface area contributed by atoms with Crippen molar-refractivity contribution in [2.24, 2.45) is 0 Å². The van der Waals surface area contributed by atoms with Crippen LogP contribution in [0.2, 0.25) is 0 Å². The lowest BCUT2D eigenvalue weighted by atomic mass is 10.2. The fraction of sp³-hybridized carbons (Fsp3) is 0.500. The van der Waals surface area contributed by atoms with Gasteiger partial charge in [-0.05, 0) is 17.7 Å². The maximum absolute atomic E-state index is 11.8. The zero-order chi connectivity index (χ0) is 15.3. The van der Waals surface area contributed by atoms with Crippen molar-refractivity contribution in [2.45, 2.75) is 23.9 Å². The standard InChI is InChI=1S/C14H20N2O4S.ClH/c1-21(18,19)13-4-2-11(3-5-13)9-16-14(17)8-12-10-20-7-6-15-12;/h2-5,12,15H,6-10H2,1H3,(H,16,17);1H. The minimum atomic E-state index is -3.18. The number of amides is 1. The molecular weight excluding hydrogens is 328 g/mol. The van der Waals surface area contributed by atoms with Crippen LogP contribution in [-0.4, -0.2) is 46.4 Å². The van der Waals surface area contributed by atoms with E-state index in [1.807, 2.05) is 0 Å². The first kappa shape index (κ1) is 18.9. The summed E-state index contributed by atoms with van der Waals surface area (Å²) in [5, 5.41) is 6.04. The first-order valence-electron chi connectivity index (χ1n) is 6.82. The zero-order valence-electron chi connectivity index (χ0n) is 12.4. The van der Waals surface area contributed by atoms with Crippen LogP contribution < -0.4 is 10.6 Å². The number of carbonyl (C=O) groups excluding carboxylic acids is 1. The normalized spacial score (nSPS) is 18.3. The van der Waals surface area contributed by atoms with Gasteiger partial charge in [-0.3, -0.25) is 4.79 Å². The van der Waals surface area contributed by atoms with Gasteiger partial charge in [0.2, 0.25) is 5.91 Å². The molecule has 1 aromatic rings. The van der Waals surface area contributed by atoms with Crippen molar-refractivity contribution in [3.8, 4) is 0 Å². The lowest BCUT2D eigenvalue weighted by Gasteiger charge is -2.23. The number of sulfone groups is 1. The second-order valence-corrected chi connectivity index (χ2v) is 7.14. The molecule has 124 valence electrons. The largest absolute Gasteiger partial charge is 0.378 e. The first-order chi connectivity index (χ1) is 9.95. The highest BCUT2D eigenvalue weighted by Gasteiger charge is 2.16.